The fourth-order valence-corrected chi connectivity index (χ4v) is 3.92. The lowest BCUT2D eigenvalue weighted by atomic mass is 10.1. The van der Waals surface area contributed by atoms with Crippen LogP contribution in [0, 0.1) is 0 Å². The van der Waals surface area contributed by atoms with Crippen molar-refractivity contribution < 1.29 is 18.7 Å². The summed E-state index contributed by atoms with van der Waals surface area (Å²) in [4.78, 5) is 26.7. The van der Waals surface area contributed by atoms with Crippen LogP contribution in [0.15, 0.2) is 77.2 Å². The number of rotatable bonds is 7. The monoisotopic (exact) mass is 481 g/mol. The van der Waals surface area contributed by atoms with Gasteiger partial charge in [0, 0.05) is 22.1 Å². The quantitative estimate of drug-likeness (QED) is 0.320. The van der Waals surface area contributed by atoms with Crippen molar-refractivity contribution in [1.82, 2.24) is 20.2 Å². The van der Waals surface area contributed by atoms with E-state index in [4.69, 9.17) is 9.15 Å². The van der Waals surface area contributed by atoms with Gasteiger partial charge in [-0.15, -0.1) is 5.10 Å². The number of nitrogens with zero attached hydrogens (tertiary/aromatic N) is 4. The highest BCUT2D eigenvalue weighted by Gasteiger charge is 2.24. The molecule has 0 aliphatic heterocycles. The molecule has 5 rings (SSSR count). The summed E-state index contributed by atoms with van der Waals surface area (Å²) in [5.74, 6) is 0.497. The molecule has 0 saturated heterocycles. The van der Waals surface area contributed by atoms with Crippen LogP contribution in [-0.4, -0.2) is 39.0 Å². The fraction of sp³-hybridized carbons (Fsp3) is 0.148. The highest BCUT2D eigenvalue weighted by Crippen LogP contribution is 2.33. The molecule has 0 bridgehead atoms. The molecule has 2 aromatic heterocycles. The Labute approximate surface area is 206 Å². The highest BCUT2D eigenvalue weighted by atomic mass is 16.5. The summed E-state index contributed by atoms with van der Waals surface area (Å²) in [6.45, 7) is 3.95. The number of para-hydroxylation sites is 1. The number of anilines is 1. The number of furan rings is 1. The van der Waals surface area contributed by atoms with Crippen LogP contribution in [-0.2, 0) is 0 Å². The van der Waals surface area contributed by atoms with Crippen molar-refractivity contribution >= 4 is 28.3 Å². The maximum Gasteiger partial charge on any atom is 0.255 e. The molecule has 0 saturated carbocycles. The molecule has 0 unspecified atom stereocenters. The van der Waals surface area contributed by atoms with E-state index in [0.717, 1.165) is 0 Å². The van der Waals surface area contributed by atoms with Crippen LogP contribution in [0.3, 0.4) is 0 Å². The second-order valence-corrected chi connectivity index (χ2v) is 8.44. The van der Waals surface area contributed by atoms with Crippen LogP contribution in [0.1, 0.15) is 46.4 Å². The number of nitrogens with one attached hydrogen (secondary N) is 1. The molecule has 36 heavy (non-hydrogen) atoms. The Balaban J connectivity index is 1.51. The normalized spacial score (nSPS) is 11.1. The number of fused-ring (bicyclic) bond motifs is 1. The van der Waals surface area contributed by atoms with E-state index in [1.807, 2.05) is 26.0 Å². The van der Waals surface area contributed by atoms with E-state index >= 15 is 0 Å². The molecule has 0 aliphatic carbocycles. The number of methoxy groups -OCH3 is 1. The predicted octanol–water partition coefficient (Wildman–Crippen LogP) is 5.16. The van der Waals surface area contributed by atoms with Crippen LogP contribution in [0.5, 0.6) is 5.75 Å². The largest absolute Gasteiger partial charge is 0.497 e. The van der Waals surface area contributed by atoms with Crippen LogP contribution in [0.4, 0.5) is 5.69 Å². The molecule has 0 spiro atoms. The molecule has 0 aliphatic rings. The molecule has 3 aromatic carbocycles. The third kappa shape index (κ3) is 4.22. The van der Waals surface area contributed by atoms with Gasteiger partial charge in [-0.25, -0.2) is 4.68 Å². The number of ether oxygens (including phenoxy) is 1. The minimum absolute atomic E-state index is 0.0506. The number of ketones is 1. The molecule has 0 radical (unpaired) electrons. The third-order valence-electron chi connectivity index (χ3n) is 5.76. The van der Waals surface area contributed by atoms with Gasteiger partial charge in [0.15, 0.2) is 11.6 Å². The maximum absolute atomic E-state index is 13.4. The molecule has 5 aromatic rings. The number of hydrogen-bond donors (Lipinski definition) is 1. The first-order valence-corrected chi connectivity index (χ1v) is 11.4. The smallest absolute Gasteiger partial charge is 0.255 e. The standard InChI is InChI=1S/C27H23N5O4/c1-16(2)32-26(29-30-31-32)18-7-6-8-19(15-18)27(34)28-23-21-9-4-5-10-22(21)36-25(23)24(33)17-11-13-20(35-3)14-12-17/h4-16H,1-3H3,(H,28,34). The van der Waals surface area contributed by atoms with E-state index < -0.39 is 5.91 Å². The Hall–Kier alpha value is -4.79. The Kier molecular flexibility index (Phi) is 6.03. The van der Waals surface area contributed by atoms with E-state index in [1.165, 1.54) is 0 Å². The van der Waals surface area contributed by atoms with Crippen molar-refractivity contribution in [2.75, 3.05) is 12.4 Å². The topological polar surface area (TPSA) is 112 Å². The second kappa shape index (κ2) is 9.46. The third-order valence-corrected chi connectivity index (χ3v) is 5.76. The number of hydrogen-bond acceptors (Lipinski definition) is 7. The zero-order valence-electron chi connectivity index (χ0n) is 19.9. The van der Waals surface area contributed by atoms with E-state index in [1.54, 1.807) is 72.5 Å². The minimum Gasteiger partial charge on any atom is -0.497 e. The Morgan fingerprint density at radius 2 is 1.75 bits per heavy atom. The molecule has 2 heterocycles. The zero-order valence-corrected chi connectivity index (χ0v) is 19.9. The van der Waals surface area contributed by atoms with E-state index in [9.17, 15) is 9.59 Å². The zero-order chi connectivity index (χ0) is 25.2. The molecule has 1 N–H and O–H groups in total. The molecule has 1 amide bonds. The van der Waals surface area contributed by atoms with Crippen LogP contribution in [0.25, 0.3) is 22.4 Å². The van der Waals surface area contributed by atoms with Gasteiger partial charge >= 0.3 is 0 Å². The second-order valence-electron chi connectivity index (χ2n) is 8.44. The minimum atomic E-state index is -0.393. The molecule has 0 fully saturated rings. The van der Waals surface area contributed by atoms with Crippen molar-refractivity contribution in [3.8, 4) is 17.1 Å². The van der Waals surface area contributed by atoms with Gasteiger partial charge in [0.25, 0.3) is 5.91 Å². The summed E-state index contributed by atoms with van der Waals surface area (Å²) < 4.78 is 12.8. The number of tetrazole rings is 1. The Morgan fingerprint density at radius 1 is 0.972 bits per heavy atom. The number of benzene rings is 3. The molecular formula is C27H23N5O4. The maximum atomic E-state index is 13.4. The first kappa shape index (κ1) is 23.0. The number of amides is 1. The summed E-state index contributed by atoms with van der Waals surface area (Å²) >= 11 is 0. The molecule has 9 nitrogen and oxygen atoms in total. The van der Waals surface area contributed by atoms with E-state index in [2.05, 4.69) is 20.8 Å². The summed E-state index contributed by atoms with van der Waals surface area (Å²) in [5, 5.41) is 15.4. The van der Waals surface area contributed by atoms with Gasteiger partial charge in [-0.2, -0.15) is 0 Å². The summed E-state index contributed by atoms with van der Waals surface area (Å²) in [7, 11) is 1.56. The van der Waals surface area contributed by atoms with E-state index in [-0.39, 0.29) is 17.6 Å². The van der Waals surface area contributed by atoms with Crippen molar-refractivity contribution in [1.29, 1.82) is 0 Å². The van der Waals surface area contributed by atoms with Crippen molar-refractivity contribution in [3.63, 3.8) is 0 Å². The average molecular weight is 482 g/mol. The predicted molar refractivity (Wildman–Crippen MR) is 134 cm³/mol. The van der Waals surface area contributed by atoms with Crippen LogP contribution in [0.2, 0.25) is 0 Å². The van der Waals surface area contributed by atoms with Gasteiger partial charge in [-0.1, -0.05) is 24.3 Å². The average Bonchev–Trinajstić information content (AvgIpc) is 3.54. The summed E-state index contributed by atoms with van der Waals surface area (Å²) in [5.41, 5.74) is 2.31. The fourth-order valence-electron chi connectivity index (χ4n) is 3.92. The van der Waals surface area contributed by atoms with Gasteiger partial charge in [0.05, 0.1) is 18.8 Å². The number of carbonyl (C=O) groups excluding carboxylic acids is 2. The number of aromatic nitrogens is 4. The molecule has 9 heteroatoms. The van der Waals surface area contributed by atoms with Crippen molar-refractivity contribution in [3.05, 3.63) is 89.7 Å². The van der Waals surface area contributed by atoms with Gasteiger partial charge in [-0.3, -0.25) is 9.59 Å². The van der Waals surface area contributed by atoms with Crippen molar-refractivity contribution in [2.24, 2.45) is 0 Å². The van der Waals surface area contributed by atoms with Gasteiger partial charge < -0.3 is 14.5 Å². The first-order valence-electron chi connectivity index (χ1n) is 11.4. The van der Waals surface area contributed by atoms with Crippen LogP contribution >= 0.6 is 0 Å². The SMILES string of the molecule is COc1ccc(C(=O)c2oc3ccccc3c2NC(=O)c2cccc(-c3nnnn3C(C)C)c2)cc1. The lowest BCUT2D eigenvalue weighted by Gasteiger charge is -2.10. The van der Waals surface area contributed by atoms with Gasteiger partial charge in [0.2, 0.25) is 5.78 Å². The Morgan fingerprint density at radius 3 is 2.50 bits per heavy atom. The van der Waals surface area contributed by atoms with E-state index in [0.29, 0.717) is 44.9 Å². The molecule has 180 valence electrons. The number of carbonyl (C=O) groups is 2. The summed E-state index contributed by atoms with van der Waals surface area (Å²) in [6, 6.07) is 20.9. The van der Waals surface area contributed by atoms with Crippen LogP contribution < -0.4 is 10.1 Å². The first-order chi connectivity index (χ1) is 17.5. The lowest BCUT2D eigenvalue weighted by Crippen LogP contribution is -2.14. The Bertz CT molecular complexity index is 1570. The van der Waals surface area contributed by atoms with Gasteiger partial charge in [-0.05, 0) is 72.8 Å². The molecule has 0 atom stereocenters. The molecular weight excluding hydrogens is 458 g/mol. The van der Waals surface area contributed by atoms with Gasteiger partial charge in [0.1, 0.15) is 11.3 Å². The lowest BCUT2D eigenvalue weighted by molar-refractivity contribution is 0.101. The highest BCUT2D eigenvalue weighted by molar-refractivity contribution is 6.19. The summed E-state index contributed by atoms with van der Waals surface area (Å²) in [6.07, 6.45) is 0. The van der Waals surface area contributed by atoms with Crippen molar-refractivity contribution in [2.45, 2.75) is 19.9 Å².